The van der Waals surface area contributed by atoms with Crippen LogP contribution in [0.5, 0.6) is 0 Å². The molecule has 36 heavy (non-hydrogen) atoms. The number of hydrogen-bond acceptors (Lipinski definition) is 7. The highest BCUT2D eigenvalue weighted by Crippen LogP contribution is 2.20. The number of fused-ring (bicyclic) bond motifs is 1. The number of nitrogens with zero attached hydrogens (tertiary/aromatic N) is 2. The molecule has 1 aliphatic rings. The van der Waals surface area contributed by atoms with Crippen LogP contribution in [0.2, 0.25) is 0 Å². The number of aromatic nitrogens is 1. The topological polar surface area (TPSA) is 113 Å². The number of alkyl carbamates (subject to hydrolysis) is 1. The second-order valence-corrected chi connectivity index (χ2v) is 10.0. The number of halogens is 2. The molecule has 0 saturated heterocycles. The van der Waals surface area contributed by atoms with Gasteiger partial charge in [-0.15, -0.1) is 0 Å². The Labute approximate surface area is 211 Å². The van der Waals surface area contributed by atoms with Gasteiger partial charge in [-0.3, -0.25) is 0 Å². The molecule has 0 saturated carbocycles. The van der Waals surface area contributed by atoms with E-state index in [1.807, 2.05) is 6.07 Å². The van der Waals surface area contributed by atoms with E-state index in [1.165, 1.54) is 12.7 Å². The Balaban J connectivity index is 1.92. The largest absolute Gasteiger partial charge is 0.480 e. The molecular formula is C25H40F2N4O5. The number of unbranched alkanes of at least 4 members (excludes halogenated alkanes) is 1. The Hall–Kier alpha value is -2.53. The first-order valence-electron chi connectivity index (χ1n) is 12.5. The molecule has 2 unspecified atom stereocenters. The number of nitrogens with one attached hydrogen (secondary N) is 2. The van der Waals surface area contributed by atoms with Gasteiger partial charge in [-0.25, -0.2) is 23.4 Å². The van der Waals surface area contributed by atoms with Gasteiger partial charge in [0.15, 0.2) is 0 Å². The number of anilines is 1. The predicted molar refractivity (Wildman–Crippen MR) is 133 cm³/mol. The number of rotatable bonds is 14. The predicted octanol–water partition coefficient (Wildman–Crippen LogP) is 3.71. The molecule has 9 nitrogen and oxygen atoms in total. The normalized spacial score (nSPS) is 15.2. The van der Waals surface area contributed by atoms with Gasteiger partial charge in [0.05, 0.1) is 0 Å². The van der Waals surface area contributed by atoms with Crippen molar-refractivity contribution >= 4 is 17.9 Å². The van der Waals surface area contributed by atoms with Crippen molar-refractivity contribution in [1.29, 1.82) is 0 Å². The first-order chi connectivity index (χ1) is 17.0. The van der Waals surface area contributed by atoms with Gasteiger partial charge in [-0.1, -0.05) is 6.07 Å². The number of carbonyl (C=O) groups excluding carboxylic acids is 1. The highest BCUT2D eigenvalue weighted by Gasteiger charge is 2.27. The molecule has 2 atom stereocenters. The lowest BCUT2D eigenvalue weighted by atomic mass is 10.1. The number of ether oxygens (including phenoxy) is 2. The Kier molecular flexibility index (Phi) is 11.8. The van der Waals surface area contributed by atoms with Gasteiger partial charge in [0.1, 0.15) is 23.6 Å². The van der Waals surface area contributed by atoms with Crippen LogP contribution >= 0.6 is 0 Å². The van der Waals surface area contributed by atoms with Crippen molar-refractivity contribution in [3.05, 3.63) is 23.4 Å². The molecule has 0 radical (unpaired) electrons. The fourth-order valence-electron chi connectivity index (χ4n) is 3.97. The number of carboxylic acid groups (broad SMARTS) is 1. The van der Waals surface area contributed by atoms with E-state index in [9.17, 15) is 23.5 Å². The summed E-state index contributed by atoms with van der Waals surface area (Å²) in [5.74, 6) is -0.275. The van der Waals surface area contributed by atoms with Crippen molar-refractivity contribution in [2.45, 2.75) is 83.5 Å². The van der Waals surface area contributed by atoms with Crippen molar-refractivity contribution < 1.29 is 33.0 Å². The maximum absolute atomic E-state index is 13.3. The Bertz CT molecular complexity index is 850. The van der Waals surface area contributed by atoms with Crippen LogP contribution in [0.3, 0.4) is 0 Å². The minimum absolute atomic E-state index is 0.0340. The highest BCUT2D eigenvalue weighted by atomic mass is 19.3. The van der Waals surface area contributed by atoms with Crippen LogP contribution in [0.15, 0.2) is 12.1 Å². The molecule has 2 heterocycles. The van der Waals surface area contributed by atoms with Gasteiger partial charge in [-0.2, -0.15) is 0 Å². The number of aryl methyl sites for hydroxylation is 2. The van der Waals surface area contributed by atoms with Crippen molar-refractivity contribution in [3.63, 3.8) is 0 Å². The maximum Gasteiger partial charge on any atom is 0.408 e. The number of methoxy groups -OCH3 is 1. The van der Waals surface area contributed by atoms with Crippen LogP contribution in [0, 0.1) is 0 Å². The monoisotopic (exact) mass is 514 g/mol. The second-order valence-electron chi connectivity index (χ2n) is 10.0. The first-order valence-corrected chi connectivity index (χ1v) is 12.5. The number of amides is 1. The standard InChI is InChI=1S/C25H40F2N4O5/c1-25(2,3)36-24(34)30-19(23(32)33)12-15-31(16-20(35-4)21(26)27)14-6-5-9-18-11-10-17-8-7-13-28-22(17)29-18/h10-11,19-21H,5-9,12-16H2,1-4H3,(H,28,29)(H,30,34)(H,32,33). The molecule has 0 bridgehead atoms. The van der Waals surface area contributed by atoms with E-state index in [1.54, 1.807) is 25.7 Å². The molecule has 0 fully saturated rings. The number of aliphatic carboxylic acids is 1. The summed E-state index contributed by atoms with van der Waals surface area (Å²) < 4.78 is 36.7. The van der Waals surface area contributed by atoms with E-state index in [-0.39, 0.29) is 19.5 Å². The Morgan fingerprint density at radius 2 is 2.00 bits per heavy atom. The lowest BCUT2D eigenvalue weighted by Gasteiger charge is -2.28. The van der Waals surface area contributed by atoms with Crippen LogP contribution in [0.25, 0.3) is 0 Å². The molecule has 1 aromatic heterocycles. The van der Waals surface area contributed by atoms with Crippen molar-refractivity contribution in [2.75, 3.05) is 38.6 Å². The molecule has 3 N–H and O–H groups in total. The number of pyridine rings is 1. The van der Waals surface area contributed by atoms with E-state index in [2.05, 4.69) is 21.7 Å². The summed E-state index contributed by atoms with van der Waals surface area (Å²) in [4.78, 5) is 30.1. The van der Waals surface area contributed by atoms with E-state index in [0.29, 0.717) is 13.0 Å². The number of hydrogen-bond donors (Lipinski definition) is 3. The smallest absolute Gasteiger partial charge is 0.408 e. The lowest BCUT2D eigenvalue weighted by molar-refractivity contribution is -0.139. The molecular weight excluding hydrogens is 474 g/mol. The second kappa shape index (κ2) is 14.3. The fraction of sp³-hybridized carbons (Fsp3) is 0.720. The molecule has 0 aliphatic carbocycles. The third-order valence-corrected chi connectivity index (χ3v) is 5.85. The summed E-state index contributed by atoms with van der Waals surface area (Å²) in [5.41, 5.74) is 1.43. The number of carboxylic acids is 1. The van der Waals surface area contributed by atoms with Gasteiger partial charge in [0.2, 0.25) is 0 Å². The zero-order valence-corrected chi connectivity index (χ0v) is 21.7. The quantitative estimate of drug-likeness (QED) is 0.322. The zero-order chi connectivity index (χ0) is 26.7. The maximum atomic E-state index is 13.3. The minimum atomic E-state index is -2.67. The van der Waals surface area contributed by atoms with Gasteiger partial charge in [-0.05, 0) is 77.5 Å². The van der Waals surface area contributed by atoms with Crippen LogP contribution in [-0.2, 0) is 27.1 Å². The summed E-state index contributed by atoms with van der Waals surface area (Å²) >= 11 is 0. The van der Waals surface area contributed by atoms with Crippen LogP contribution in [0.1, 0.15) is 57.7 Å². The third-order valence-electron chi connectivity index (χ3n) is 5.85. The van der Waals surface area contributed by atoms with Crippen LogP contribution in [-0.4, -0.2) is 84.5 Å². The SMILES string of the molecule is COC(CN(CCCCc1ccc2c(n1)NCCC2)CCC(NC(=O)OC(C)(C)C)C(=O)O)C(F)F. The molecule has 0 aromatic carbocycles. The van der Waals surface area contributed by atoms with Crippen molar-refractivity contribution in [3.8, 4) is 0 Å². The minimum Gasteiger partial charge on any atom is -0.480 e. The Morgan fingerprint density at radius 1 is 1.25 bits per heavy atom. The highest BCUT2D eigenvalue weighted by molar-refractivity contribution is 5.80. The lowest BCUT2D eigenvalue weighted by Crippen LogP contribution is -2.46. The van der Waals surface area contributed by atoms with Crippen molar-refractivity contribution in [1.82, 2.24) is 15.2 Å². The summed E-state index contributed by atoms with van der Waals surface area (Å²) in [7, 11) is 1.23. The summed E-state index contributed by atoms with van der Waals surface area (Å²) in [6.45, 7) is 6.58. The average Bonchev–Trinajstić information content (AvgIpc) is 2.80. The molecule has 204 valence electrons. The van der Waals surface area contributed by atoms with E-state index >= 15 is 0 Å². The molecule has 2 rings (SSSR count). The molecule has 11 heteroatoms. The Morgan fingerprint density at radius 3 is 2.64 bits per heavy atom. The zero-order valence-electron chi connectivity index (χ0n) is 21.7. The summed E-state index contributed by atoms with van der Waals surface area (Å²) in [5, 5.41) is 15.2. The van der Waals surface area contributed by atoms with Crippen LogP contribution in [0.4, 0.5) is 19.4 Å². The first kappa shape index (κ1) is 29.7. The van der Waals surface area contributed by atoms with Crippen molar-refractivity contribution in [2.24, 2.45) is 0 Å². The van der Waals surface area contributed by atoms with E-state index in [0.717, 1.165) is 43.7 Å². The summed E-state index contributed by atoms with van der Waals surface area (Å²) in [6, 6.07) is 2.93. The summed E-state index contributed by atoms with van der Waals surface area (Å²) in [6.07, 6.45) is -0.376. The number of carbonyl (C=O) groups is 2. The third kappa shape index (κ3) is 10.6. The van der Waals surface area contributed by atoms with Gasteiger partial charge in [0, 0.05) is 32.4 Å². The van der Waals surface area contributed by atoms with Gasteiger partial charge < -0.3 is 30.1 Å². The molecule has 0 spiro atoms. The van der Waals surface area contributed by atoms with Gasteiger partial charge >= 0.3 is 12.1 Å². The van der Waals surface area contributed by atoms with E-state index < -0.39 is 36.2 Å². The number of alkyl halides is 2. The fourth-order valence-corrected chi connectivity index (χ4v) is 3.97. The molecule has 1 aliphatic heterocycles. The van der Waals surface area contributed by atoms with Gasteiger partial charge in [0.25, 0.3) is 6.43 Å². The van der Waals surface area contributed by atoms with E-state index in [4.69, 9.17) is 9.47 Å². The molecule has 1 amide bonds. The molecule has 1 aromatic rings. The van der Waals surface area contributed by atoms with Crippen LogP contribution < -0.4 is 10.6 Å². The average molecular weight is 515 g/mol.